The highest BCUT2D eigenvalue weighted by Crippen LogP contribution is 2.36. The molecule has 0 aliphatic heterocycles. The summed E-state index contributed by atoms with van der Waals surface area (Å²) in [6, 6.07) is 5.22. The van der Waals surface area contributed by atoms with Gasteiger partial charge in [0.05, 0.1) is 21.1 Å². The summed E-state index contributed by atoms with van der Waals surface area (Å²) in [5.41, 5.74) is 0.105. The summed E-state index contributed by atoms with van der Waals surface area (Å²) in [5.74, 6) is -2.20. The fraction of sp³-hybridized carbons (Fsp3) is 0.0667. The Morgan fingerprint density at radius 1 is 1.08 bits per heavy atom. The average molecular weight is 437 g/mol. The molecule has 0 atom stereocenters. The number of fused-ring (bicyclic) bond motifs is 1. The molecule has 2 aromatic carbocycles. The molecule has 3 aromatic rings. The van der Waals surface area contributed by atoms with Gasteiger partial charge in [-0.05, 0) is 40.2 Å². The molecule has 0 saturated heterocycles. The number of nitrogens with one attached hydrogen (secondary N) is 1. The van der Waals surface area contributed by atoms with Gasteiger partial charge in [-0.3, -0.25) is 0 Å². The van der Waals surface area contributed by atoms with Crippen LogP contribution in [0.25, 0.3) is 10.9 Å². The summed E-state index contributed by atoms with van der Waals surface area (Å²) in [4.78, 5) is 7.84. The first kappa shape index (κ1) is 17.7. The smallest absolute Gasteiger partial charge is 0.387 e. The Bertz CT molecular complexity index is 958. The van der Waals surface area contributed by atoms with E-state index in [9.17, 15) is 17.6 Å². The maximum Gasteiger partial charge on any atom is 0.387 e. The molecule has 1 aromatic heterocycles. The third-order valence-corrected chi connectivity index (χ3v) is 4.17. The van der Waals surface area contributed by atoms with E-state index in [2.05, 4.69) is 36.0 Å². The van der Waals surface area contributed by atoms with Gasteiger partial charge in [-0.2, -0.15) is 8.78 Å². The first-order valence-corrected chi connectivity index (χ1v) is 7.84. The van der Waals surface area contributed by atoms with Crippen LogP contribution in [0.3, 0.4) is 0 Å². The van der Waals surface area contributed by atoms with Crippen molar-refractivity contribution in [3.8, 4) is 5.75 Å². The summed E-state index contributed by atoms with van der Waals surface area (Å²) in [6.07, 6.45) is 1.17. The first-order chi connectivity index (χ1) is 11.9. The third kappa shape index (κ3) is 3.47. The van der Waals surface area contributed by atoms with E-state index in [0.717, 1.165) is 12.1 Å². The highest BCUT2D eigenvalue weighted by Gasteiger charge is 2.18. The third-order valence-electron chi connectivity index (χ3n) is 3.21. The normalized spacial score (nSPS) is 11.2. The van der Waals surface area contributed by atoms with Crippen molar-refractivity contribution < 1.29 is 22.3 Å². The molecule has 0 amide bonds. The van der Waals surface area contributed by atoms with E-state index in [4.69, 9.17) is 11.6 Å². The lowest BCUT2D eigenvalue weighted by molar-refractivity contribution is -0.0499. The number of aromatic nitrogens is 2. The van der Waals surface area contributed by atoms with Crippen molar-refractivity contribution in [1.82, 2.24) is 9.97 Å². The molecule has 25 heavy (non-hydrogen) atoms. The molecule has 130 valence electrons. The van der Waals surface area contributed by atoms with Crippen LogP contribution in [0.5, 0.6) is 5.75 Å². The average Bonchev–Trinajstić information content (AvgIpc) is 2.57. The number of benzene rings is 2. The maximum absolute atomic E-state index is 14.4. The van der Waals surface area contributed by atoms with Crippen LogP contribution < -0.4 is 10.1 Å². The lowest BCUT2D eigenvalue weighted by atomic mass is 10.2. The summed E-state index contributed by atoms with van der Waals surface area (Å²) in [6.45, 7) is -3.15. The summed E-state index contributed by atoms with van der Waals surface area (Å²) >= 11 is 8.75. The van der Waals surface area contributed by atoms with E-state index >= 15 is 0 Å². The number of hydrogen-bond donors (Lipinski definition) is 1. The number of hydrogen-bond acceptors (Lipinski definition) is 4. The van der Waals surface area contributed by atoms with Crippen molar-refractivity contribution in [2.45, 2.75) is 6.61 Å². The zero-order valence-electron chi connectivity index (χ0n) is 12.0. The molecule has 4 nitrogen and oxygen atoms in total. The molecule has 0 fully saturated rings. The van der Waals surface area contributed by atoms with Gasteiger partial charge < -0.3 is 10.1 Å². The van der Waals surface area contributed by atoms with Gasteiger partial charge in [-0.1, -0.05) is 11.6 Å². The quantitative estimate of drug-likeness (QED) is 0.536. The van der Waals surface area contributed by atoms with Gasteiger partial charge in [-0.25, -0.2) is 18.7 Å². The molecule has 1 N–H and O–H groups in total. The van der Waals surface area contributed by atoms with Crippen LogP contribution in [0.15, 0.2) is 35.1 Å². The molecule has 3 rings (SSSR count). The molecule has 0 aliphatic carbocycles. The van der Waals surface area contributed by atoms with Gasteiger partial charge in [0.25, 0.3) is 0 Å². The number of rotatable bonds is 4. The van der Waals surface area contributed by atoms with E-state index < -0.39 is 29.0 Å². The summed E-state index contributed by atoms with van der Waals surface area (Å²) < 4.78 is 57.5. The van der Waals surface area contributed by atoms with Gasteiger partial charge in [-0.15, -0.1) is 0 Å². The second-order valence-corrected chi connectivity index (χ2v) is 5.95. The molecule has 0 unspecified atom stereocenters. The van der Waals surface area contributed by atoms with Gasteiger partial charge in [0.1, 0.15) is 22.9 Å². The Morgan fingerprint density at radius 3 is 2.56 bits per heavy atom. The minimum Gasteiger partial charge on any atom is -0.433 e. The first-order valence-electron chi connectivity index (χ1n) is 6.67. The number of alkyl halides is 2. The fourth-order valence-corrected chi connectivity index (χ4v) is 2.66. The Labute approximate surface area is 151 Å². The molecule has 0 bridgehead atoms. The highest BCUT2D eigenvalue weighted by molar-refractivity contribution is 9.10. The number of ether oxygens (including phenoxy) is 1. The monoisotopic (exact) mass is 435 g/mol. The van der Waals surface area contributed by atoms with Gasteiger partial charge in [0.15, 0.2) is 11.6 Å². The van der Waals surface area contributed by atoms with Crippen LogP contribution in [-0.2, 0) is 0 Å². The Hall–Kier alpha value is -2.13. The van der Waals surface area contributed by atoms with Crippen molar-refractivity contribution in [3.05, 3.63) is 51.7 Å². The van der Waals surface area contributed by atoms with Crippen molar-refractivity contribution in [2.75, 3.05) is 5.32 Å². The fourth-order valence-electron chi connectivity index (χ4n) is 2.12. The zero-order valence-corrected chi connectivity index (χ0v) is 14.4. The van der Waals surface area contributed by atoms with Gasteiger partial charge in [0.2, 0.25) is 0 Å². The Kier molecular flexibility index (Phi) is 4.96. The van der Waals surface area contributed by atoms with Gasteiger partial charge >= 0.3 is 6.61 Å². The van der Waals surface area contributed by atoms with Crippen LogP contribution in [0.1, 0.15) is 0 Å². The SMILES string of the molecule is Fc1c(Nc2ncnc3ccc(Br)c(F)c23)ccc(OC(F)F)c1Cl. The van der Waals surface area contributed by atoms with Crippen LogP contribution in [0.2, 0.25) is 5.02 Å². The van der Waals surface area contributed by atoms with Crippen LogP contribution in [-0.4, -0.2) is 16.6 Å². The Balaban J connectivity index is 2.05. The number of anilines is 2. The van der Waals surface area contributed by atoms with Crippen molar-refractivity contribution in [1.29, 1.82) is 0 Å². The summed E-state index contributed by atoms with van der Waals surface area (Å²) in [5, 5.41) is 1.98. The molecule has 0 spiro atoms. The van der Waals surface area contributed by atoms with E-state index in [1.807, 2.05) is 0 Å². The van der Waals surface area contributed by atoms with E-state index in [-0.39, 0.29) is 21.4 Å². The molecular formula is C15H7BrClF4N3O. The molecule has 10 heteroatoms. The molecular weight excluding hydrogens is 430 g/mol. The molecule has 0 aliphatic rings. The molecule has 0 radical (unpaired) electrons. The van der Waals surface area contributed by atoms with Crippen LogP contribution in [0, 0.1) is 11.6 Å². The predicted octanol–water partition coefficient (Wildman–Crippen LogP) is 5.67. The second-order valence-electron chi connectivity index (χ2n) is 4.72. The van der Waals surface area contributed by atoms with E-state index in [1.54, 1.807) is 6.07 Å². The van der Waals surface area contributed by atoms with E-state index in [1.165, 1.54) is 12.4 Å². The lowest BCUT2D eigenvalue weighted by Crippen LogP contribution is -2.05. The standard InChI is InChI=1S/C15H7BrClF4N3O/c16-6-1-2-7-10(12(6)18)14(23-5-22-7)24-8-3-4-9(25-15(20)21)11(17)13(8)19/h1-5,15H,(H,22,23,24). The van der Waals surface area contributed by atoms with Crippen molar-refractivity contribution in [3.63, 3.8) is 0 Å². The molecule has 0 saturated carbocycles. The van der Waals surface area contributed by atoms with Crippen molar-refractivity contribution in [2.24, 2.45) is 0 Å². The predicted molar refractivity (Wildman–Crippen MR) is 88.5 cm³/mol. The lowest BCUT2D eigenvalue weighted by Gasteiger charge is -2.13. The minimum absolute atomic E-state index is 0.0127. The second kappa shape index (κ2) is 7.01. The van der Waals surface area contributed by atoms with Crippen LogP contribution in [0.4, 0.5) is 29.1 Å². The van der Waals surface area contributed by atoms with Crippen molar-refractivity contribution >= 4 is 49.9 Å². The number of nitrogens with zero attached hydrogens (tertiary/aromatic N) is 2. The van der Waals surface area contributed by atoms with Gasteiger partial charge in [0, 0.05) is 0 Å². The molecule has 1 heterocycles. The largest absolute Gasteiger partial charge is 0.433 e. The minimum atomic E-state index is -3.15. The van der Waals surface area contributed by atoms with E-state index in [0.29, 0.717) is 5.52 Å². The highest BCUT2D eigenvalue weighted by atomic mass is 79.9. The Morgan fingerprint density at radius 2 is 1.84 bits per heavy atom. The topological polar surface area (TPSA) is 47.0 Å². The van der Waals surface area contributed by atoms with Crippen LogP contribution >= 0.6 is 27.5 Å². The zero-order chi connectivity index (χ0) is 18.1. The maximum atomic E-state index is 14.4. The summed E-state index contributed by atoms with van der Waals surface area (Å²) in [7, 11) is 0. The number of halogens is 6.